The first-order valence-corrected chi connectivity index (χ1v) is 9.34. The van der Waals surface area contributed by atoms with Gasteiger partial charge in [-0.3, -0.25) is 4.79 Å². The van der Waals surface area contributed by atoms with Crippen LogP contribution in [0, 0.1) is 26.7 Å². The molecule has 2 heterocycles. The molecule has 1 aliphatic carbocycles. The highest BCUT2D eigenvalue weighted by molar-refractivity contribution is 5.78. The van der Waals surface area contributed by atoms with Crippen molar-refractivity contribution in [1.29, 1.82) is 0 Å². The Morgan fingerprint density at radius 3 is 2.52 bits per heavy atom. The van der Waals surface area contributed by atoms with Gasteiger partial charge in [-0.1, -0.05) is 17.7 Å². The fraction of sp³-hybridized carbons (Fsp3) is 0.429. The van der Waals surface area contributed by atoms with Crippen molar-refractivity contribution in [2.24, 2.45) is 5.92 Å². The number of rotatable bonds is 3. The van der Waals surface area contributed by atoms with Gasteiger partial charge >= 0.3 is 0 Å². The zero-order chi connectivity index (χ0) is 19.3. The predicted molar refractivity (Wildman–Crippen MR) is 104 cm³/mol. The van der Waals surface area contributed by atoms with Gasteiger partial charge in [-0.05, 0) is 56.2 Å². The van der Waals surface area contributed by atoms with Gasteiger partial charge in [0.05, 0.1) is 24.1 Å². The molecule has 0 aliphatic heterocycles. The maximum absolute atomic E-state index is 11.9. The average molecular weight is 367 g/mol. The molecule has 0 amide bonds. The summed E-state index contributed by atoms with van der Waals surface area (Å²) in [5.41, 5.74) is 6.45. The topological polar surface area (TPSA) is 102 Å². The molecule has 4 N–H and O–H groups in total. The molecule has 1 aliphatic rings. The van der Waals surface area contributed by atoms with Crippen molar-refractivity contribution in [3.63, 3.8) is 0 Å². The van der Waals surface area contributed by atoms with Crippen LogP contribution in [-0.4, -0.2) is 37.4 Å². The third-order valence-corrected chi connectivity index (χ3v) is 6.01. The van der Waals surface area contributed by atoms with Gasteiger partial charge in [-0.2, -0.15) is 0 Å². The predicted octanol–water partition coefficient (Wildman–Crippen LogP) is 2.24. The molecule has 1 fully saturated rings. The minimum atomic E-state index is -0.874. The average Bonchev–Trinajstić information content (AvgIpc) is 3.15. The van der Waals surface area contributed by atoms with E-state index >= 15 is 0 Å². The molecule has 142 valence electrons. The third kappa shape index (κ3) is 2.99. The van der Waals surface area contributed by atoms with Crippen molar-refractivity contribution >= 4 is 11.0 Å². The molecule has 4 atom stereocenters. The fourth-order valence-corrected chi connectivity index (χ4v) is 4.68. The van der Waals surface area contributed by atoms with Crippen LogP contribution in [0.2, 0.25) is 0 Å². The number of aliphatic hydroxyl groups is 2. The molecule has 27 heavy (non-hydrogen) atoms. The lowest BCUT2D eigenvalue weighted by molar-refractivity contribution is 0.0147. The van der Waals surface area contributed by atoms with Gasteiger partial charge in [-0.15, -0.1) is 0 Å². The Balaban J connectivity index is 1.65. The van der Waals surface area contributed by atoms with Crippen molar-refractivity contribution in [3.05, 3.63) is 62.8 Å². The maximum Gasteiger partial charge on any atom is 0.275 e. The van der Waals surface area contributed by atoms with Gasteiger partial charge < -0.3 is 20.2 Å². The van der Waals surface area contributed by atoms with Crippen molar-refractivity contribution in [1.82, 2.24) is 15.0 Å². The van der Waals surface area contributed by atoms with Crippen LogP contribution in [-0.2, 0) is 6.42 Å². The van der Waals surface area contributed by atoms with E-state index in [9.17, 15) is 15.0 Å². The zero-order valence-electron chi connectivity index (χ0n) is 15.8. The minimum absolute atomic E-state index is 0.0444. The SMILES string of the molecule is Cc1cc(C)c(C[C@H]2C[C@@H](c3c[nH]c4c(=O)[nH]cnc34)[C@H](O)[C@@H]2O)c(C)c1. The van der Waals surface area contributed by atoms with E-state index in [1.165, 1.54) is 28.6 Å². The number of aromatic amines is 2. The molecule has 0 radical (unpaired) electrons. The first-order valence-electron chi connectivity index (χ1n) is 9.34. The molecular formula is C21H25N3O3. The Labute approximate surface area is 157 Å². The molecule has 2 aromatic heterocycles. The van der Waals surface area contributed by atoms with E-state index in [0.717, 1.165) is 12.0 Å². The second-order valence-corrected chi connectivity index (χ2v) is 7.86. The van der Waals surface area contributed by atoms with Gasteiger partial charge in [0.2, 0.25) is 0 Å². The number of hydrogen-bond acceptors (Lipinski definition) is 4. The van der Waals surface area contributed by atoms with E-state index in [0.29, 0.717) is 17.5 Å². The van der Waals surface area contributed by atoms with E-state index in [2.05, 4.69) is 47.9 Å². The van der Waals surface area contributed by atoms with Crippen LogP contribution < -0.4 is 5.56 Å². The van der Waals surface area contributed by atoms with Crippen molar-refractivity contribution in [3.8, 4) is 0 Å². The maximum atomic E-state index is 11.9. The lowest BCUT2D eigenvalue weighted by atomic mass is 9.89. The number of fused-ring (bicyclic) bond motifs is 1. The van der Waals surface area contributed by atoms with Gasteiger partial charge in [0, 0.05) is 17.7 Å². The Bertz CT molecular complexity index is 1030. The number of nitrogens with one attached hydrogen (secondary N) is 2. The number of benzene rings is 1. The second-order valence-electron chi connectivity index (χ2n) is 7.86. The highest BCUT2D eigenvalue weighted by atomic mass is 16.3. The molecule has 0 saturated heterocycles. The summed E-state index contributed by atoms with van der Waals surface area (Å²) in [6.45, 7) is 6.28. The summed E-state index contributed by atoms with van der Waals surface area (Å²) in [4.78, 5) is 21.7. The monoisotopic (exact) mass is 367 g/mol. The summed E-state index contributed by atoms with van der Waals surface area (Å²) >= 11 is 0. The molecule has 6 nitrogen and oxygen atoms in total. The summed E-state index contributed by atoms with van der Waals surface area (Å²) in [6, 6.07) is 4.32. The number of H-pyrrole nitrogens is 2. The van der Waals surface area contributed by atoms with Crippen LogP contribution in [0.3, 0.4) is 0 Å². The molecule has 1 saturated carbocycles. The lowest BCUT2D eigenvalue weighted by Gasteiger charge is -2.19. The largest absolute Gasteiger partial charge is 0.390 e. The van der Waals surface area contributed by atoms with Gasteiger partial charge in [0.15, 0.2) is 0 Å². The van der Waals surface area contributed by atoms with Crippen LogP contribution in [0.5, 0.6) is 0 Å². The quantitative estimate of drug-likeness (QED) is 0.570. The van der Waals surface area contributed by atoms with Gasteiger partial charge in [-0.25, -0.2) is 4.98 Å². The van der Waals surface area contributed by atoms with E-state index in [-0.39, 0.29) is 17.4 Å². The Morgan fingerprint density at radius 2 is 1.81 bits per heavy atom. The lowest BCUT2D eigenvalue weighted by Crippen LogP contribution is -2.28. The molecule has 1 aromatic carbocycles. The van der Waals surface area contributed by atoms with E-state index in [4.69, 9.17) is 0 Å². The van der Waals surface area contributed by atoms with Crippen molar-refractivity contribution < 1.29 is 10.2 Å². The number of nitrogens with zero attached hydrogens (tertiary/aromatic N) is 1. The Hall–Kier alpha value is -2.44. The zero-order valence-corrected chi connectivity index (χ0v) is 15.8. The third-order valence-electron chi connectivity index (χ3n) is 6.01. The van der Waals surface area contributed by atoms with Crippen LogP contribution in [0.4, 0.5) is 0 Å². The summed E-state index contributed by atoms with van der Waals surface area (Å²) in [5, 5.41) is 21.4. The van der Waals surface area contributed by atoms with E-state index in [1.807, 2.05) is 0 Å². The highest BCUT2D eigenvalue weighted by Gasteiger charge is 2.43. The van der Waals surface area contributed by atoms with E-state index in [1.54, 1.807) is 6.20 Å². The van der Waals surface area contributed by atoms with Crippen LogP contribution in [0.25, 0.3) is 11.0 Å². The van der Waals surface area contributed by atoms with Gasteiger partial charge in [0.25, 0.3) is 5.56 Å². The summed E-state index contributed by atoms with van der Waals surface area (Å²) in [6.07, 6.45) is 2.80. The summed E-state index contributed by atoms with van der Waals surface area (Å²) < 4.78 is 0. The molecule has 0 bridgehead atoms. The Kier molecular flexibility index (Phi) is 4.40. The second kappa shape index (κ2) is 6.62. The van der Waals surface area contributed by atoms with Crippen molar-refractivity contribution in [2.45, 2.75) is 51.7 Å². The smallest absolute Gasteiger partial charge is 0.275 e. The summed E-state index contributed by atoms with van der Waals surface area (Å²) in [5.74, 6) is -0.295. The number of aliphatic hydroxyl groups excluding tert-OH is 2. The van der Waals surface area contributed by atoms with Crippen LogP contribution in [0.15, 0.2) is 29.5 Å². The first-order chi connectivity index (χ1) is 12.9. The minimum Gasteiger partial charge on any atom is -0.390 e. The normalized spacial score (nSPS) is 25.4. The first kappa shape index (κ1) is 17.9. The molecule has 6 heteroatoms. The fourth-order valence-electron chi connectivity index (χ4n) is 4.68. The number of hydrogen-bond donors (Lipinski definition) is 4. The molecule has 3 aromatic rings. The van der Waals surface area contributed by atoms with Gasteiger partial charge in [0.1, 0.15) is 5.52 Å². The molecule has 0 unspecified atom stereocenters. The Morgan fingerprint density at radius 1 is 1.11 bits per heavy atom. The standard InChI is InChI=1S/C21H25N3O3/c1-10-4-11(2)14(12(3)5-10)6-13-7-15(20(26)19(13)25)16-8-22-18-17(16)23-9-24-21(18)27/h4-5,8-9,13,15,19-20,22,25-26H,6-7H2,1-3H3,(H,23,24,27)/t13-,15-,19+,20-/m0/s1. The van der Waals surface area contributed by atoms with Crippen LogP contribution in [0.1, 0.15) is 40.2 Å². The molecule has 4 rings (SSSR count). The van der Waals surface area contributed by atoms with E-state index < -0.39 is 12.2 Å². The number of aryl methyl sites for hydroxylation is 3. The molecule has 0 spiro atoms. The number of aromatic nitrogens is 3. The highest BCUT2D eigenvalue weighted by Crippen LogP contribution is 2.42. The summed E-state index contributed by atoms with van der Waals surface area (Å²) in [7, 11) is 0. The van der Waals surface area contributed by atoms with Crippen molar-refractivity contribution in [2.75, 3.05) is 0 Å². The van der Waals surface area contributed by atoms with Crippen LogP contribution >= 0.6 is 0 Å². The molecular weight excluding hydrogens is 342 g/mol.